The monoisotopic (exact) mass is 465 g/mol. The molecule has 0 spiro atoms. The van der Waals surface area contributed by atoms with Gasteiger partial charge in [-0.3, -0.25) is 14.9 Å². The molecule has 2 aliphatic rings. The van der Waals surface area contributed by atoms with Crippen LogP contribution in [0, 0.1) is 0 Å². The first-order valence-electron chi connectivity index (χ1n) is 11.5. The number of methoxy groups -OCH3 is 1. The largest absolute Gasteiger partial charge is 0.479 e. The van der Waals surface area contributed by atoms with Gasteiger partial charge in [-0.15, -0.1) is 5.10 Å². The van der Waals surface area contributed by atoms with Crippen LogP contribution in [0.3, 0.4) is 0 Å². The summed E-state index contributed by atoms with van der Waals surface area (Å²) in [5.41, 5.74) is 3.99. The maximum atomic E-state index is 15.0. The van der Waals surface area contributed by atoms with E-state index in [0.717, 1.165) is 41.4 Å². The topological polar surface area (TPSA) is 80.5 Å². The number of fused-ring (bicyclic) bond motifs is 2. The lowest BCUT2D eigenvalue weighted by atomic mass is 9.88. The SMILES string of the molecule is COc1nc(N[C@@H]2CCN(C3CCC3)CC2(F)F)nn2ccc(-c3ccc4nccnc4c3)c12. The summed E-state index contributed by atoms with van der Waals surface area (Å²) in [6.45, 7) is 0.420. The van der Waals surface area contributed by atoms with Crippen LogP contribution in [0.1, 0.15) is 25.7 Å². The molecule has 1 atom stereocenters. The molecule has 0 radical (unpaired) electrons. The lowest BCUT2D eigenvalue weighted by Gasteiger charge is -2.45. The van der Waals surface area contributed by atoms with Gasteiger partial charge >= 0.3 is 0 Å². The number of piperidine rings is 1. The second-order valence-electron chi connectivity index (χ2n) is 9.03. The fourth-order valence-electron chi connectivity index (χ4n) is 4.92. The molecule has 4 heterocycles. The molecular weight excluding hydrogens is 440 g/mol. The summed E-state index contributed by atoms with van der Waals surface area (Å²) in [6, 6.07) is 6.98. The fraction of sp³-hybridized carbons (Fsp3) is 0.417. The number of nitrogens with one attached hydrogen (secondary N) is 1. The zero-order valence-electron chi connectivity index (χ0n) is 18.8. The van der Waals surface area contributed by atoms with Crippen LogP contribution in [0.4, 0.5) is 14.7 Å². The van der Waals surface area contributed by atoms with E-state index in [1.54, 1.807) is 23.1 Å². The van der Waals surface area contributed by atoms with Gasteiger partial charge in [0.05, 0.1) is 30.7 Å². The van der Waals surface area contributed by atoms with Gasteiger partial charge in [0, 0.05) is 36.7 Å². The Morgan fingerprint density at radius 1 is 1.09 bits per heavy atom. The average Bonchev–Trinajstić information content (AvgIpc) is 3.22. The van der Waals surface area contributed by atoms with Crippen molar-refractivity contribution in [2.45, 2.75) is 43.7 Å². The van der Waals surface area contributed by atoms with Gasteiger partial charge in [-0.05, 0) is 43.0 Å². The Balaban J connectivity index is 1.30. The Hall–Kier alpha value is -3.40. The molecular formula is C24H25F2N7O. The fourth-order valence-corrected chi connectivity index (χ4v) is 4.92. The summed E-state index contributed by atoms with van der Waals surface area (Å²) in [5.74, 6) is -2.43. The molecule has 34 heavy (non-hydrogen) atoms. The predicted octanol–water partition coefficient (Wildman–Crippen LogP) is 4.02. The summed E-state index contributed by atoms with van der Waals surface area (Å²) < 4.78 is 37.1. The molecule has 2 fully saturated rings. The zero-order valence-corrected chi connectivity index (χ0v) is 18.8. The minimum atomic E-state index is -2.87. The van der Waals surface area contributed by atoms with Crippen molar-refractivity contribution in [2.24, 2.45) is 0 Å². The first-order chi connectivity index (χ1) is 16.5. The third-order valence-electron chi connectivity index (χ3n) is 6.98. The number of ether oxygens (including phenoxy) is 1. The number of rotatable bonds is 5. The number of likely N-dealkylation sites (tertiary alicyclic amines) is 1. The van der Waals surface area contributed by atoms with Crippen molar-refractivity contribution in [1.82, 2.24) is 29.5 Å². The number of halogens is 2. The van der Waals surface area contributed by atoms with Gasteiger partial charge in [-0.25, -0.2) is 13.3 Å². The van der Waals surface area contributed by atoms with E-state index < -0.39 is 12.0 Å². The number of hydrogen-bond acceptors (Lipinski definition) is 7. The van der Waals surface area contributed by atoms with E-state index in [2.05, 4.69) is 25.4 Å². The van der Waals surface area contributed by atoms with E-state index in [-0.39, 0.29) is 12.5 Å². The highest BCUT2D eigenvalue weighted by molar-refractivity contribution is 5.89. The molecule has 176 valence electrons. The summed E-state index contributed by atoms with van der Waals surface area (Å²) in [4.78, 5) is 15.1. The molecule has 1 aliphatic carbocycles. The van der Waals surface area contributed by atoms with Crippen molar-refractivity contribution < 1.29 is 13.5 Å². The van der Waals surface area contributed by atoms with Gasteiger partial charge in [0.15, 0.2) is 0 Å². The maximum absolute atomic E-state index is 15.0. The molecule has 1 N–H and O–H groups in total. The van der Waals surface area contributed by atoms with E-state index in [1.165, 1.54) is 7.11 Å². The van der Waals surface area contributed by atoms with Crippen molar-refractivity contribution in [3.63, 3.8) is 0 Å². The molecule has 6 rings (SSSR count). The quantitative estimate of drug-likeness (QED) is 0.477. The van der Waals surface area contributed by atoms with E-state index in [4.69, 9.17) is 4.74 Å². The number of benzene rings is 1. The normalized spacial score (nSPS) is 21.0. The Kier molecular flexibility index (Phi) is 5.05. The predicted molar refractivity (Wildman–Crippen MR) is 124 cm³/mol. The first kappa shape index (κ1) is 21.2. The molecule has 8 nitrogen and oxygen atoms in total. The van der Waals surface area contributed by atoms with Crippen LogP contribution in [0.15, 0.2) is 42.9 Å². The highest BCUT2D eigenvalue weighted by Gasteiger charge is 2.47. The standard InChI is InChI=1S/C24H25F2N7O/c1-34-22-21-17(15-5-6-18-19(13-15)28-10-9-27-18)7-12-33(21)31-23(30-22)29-20-8-11-32(14-24(20,25)26)16-3-2-4-16/h5-7,9-10,12-13,16,20H,2-4,8,11,14H2,1H3,(H,29,31)/t20-/m1/s1. The van der Waals surface area contributed by atoms with Crippen LogP contribution >= 0.6 is 0 Å². The van der Waals surface area contributed by atoms with Crippen LogP contribution in [-0.4, -0.2) is 67.7 Å². The Bertz CT molecular complexity index is 1350. The van der Waals surface area contributed by atoms with E-state index in [9.17, 15) is 8.78 Å². The van der Waals surface area contributed by atoms with Gasteiger partial charge in [0.2, 0.25) is 11.8 Å². The molecule has 1 aliphatic heterocycles. The molecule has 1 aromatic carbocycles. The third-order valence-corrected chi connectivity index (χ3v) is 6.98. The highest BCUT2D eigenvalue weighted by atomic mass is 19.3. The number of hydrogen-bond donors (Lipinski definition) is 1. The molecule has 1 saturated carbocycles. The summed E-state index contributed by atoms with van der Waals surface area (Å²) in [6.07, 6.45) is 8.59. The molecule has 3 aromatic heterocycles. The molecule has 1 saturated heterocycles. The smallest absolute Gasteiger partial charge is 0.280 e. The average molecular weight is 466 g/mol. The van der Waals surface area contributed by atoms with Gasteiger partial charge in [0.1, 0.15) is 5.52 Å². The van der Waals surface area contributed by atoms with Crippen LogP contribution in [0.2, 0.25) is 0 Å². The van der Waals surface area contributed by atoms with Crippen molar-refractivity contribution in [3.8, 4) is 17.0 Å². The lowest BCUT2D eigenvalue weighted by Crippen LogP contribution is -2.58. The summed E-state index contributed by atoms with van der Waals surface area (Å²) in [7, 11) is 1.51. The highest BCUT2D eigenvalue weighted by Crippen LogP contribution is 2.36. The first-order valence-corrected chi connectivity index (χ1v) is 11.5. The number of aromatic nitrogens is 5. The number of anilines is 1. The van der Waals surface area contributed by atoms with E-state index in [1.807, 2.05) is 29.2 Å². The Labute approximate surface area is 195 Å². The van der Waals surface area contributed by atoms with Crippen molar-refractivity contribution in [1.29, 1.82) is 0 Å². The van der Waals surface area contributed by atoms with Gasteiger partial charge < -0.3 is 10.1 Å². The molecule has 0 bridgehead atoms. The van der Waals surface area contributed by atoms with Gasteiger partial charge in [-0.2, -0.15) is 4.98 Å². The van der Waals surface area contributed by atoms with Crippen molar-refractivity contribution in [2.75, 3.05) is 25.5 Å². The molecule has 0 unspecified atom stereocenters. The van der Waals surface area contributed by atoms with Crippen molar-refractivity contribution >= 4 is 22.5 Å². The van der Waals surface area contributed by atoms with Crippen LogP contribution in [-0.2, 0) is 0 Å². The number of nitrogens with zero attached hydrogens (tertiary/aromatic N) is 6. The molecule has 10 heteroatoms. The summed E-state index contributed by atoms with van der Waals surface area (Å²) >= 11 is 0. The van der Waals surface area contributed by atoms with Crippen LogP contribution in [0.25, 0.3) is 27.7 Å². The van der Waals surface area contributed by atoms with Gasteiger partial charge in [0.25, 0.3) is 5.92 Å². The van der Waals surface area contributed by atoms with Crippen LogP contribution in [0.5, 0.6) is 5.88 Å². The van der Waals surface area contributed by atoms with Crippen LogP contribution < -0.4 is 10.1 Å². The molecule has 4 aromatic rings. The second-order valence-corrected chi connectivity index (χ2v) is 9.03. The minimum absolute atomic E-state index is 0.123. The number of alkyl halides is 2. The maximum Gasteiger partial charge on any atom is 0.280 e. The lowest BCUT2D eigenvalue weighted by molar-refractivity contribution is -0.0921. The Morgan fingerprint density at radius 3 is 2.65 bits per heavy atom. The summed E-state index contributed by atoms with van der Waals surface area (Å²) in [5, 5.41) is 7.36. The second kappa shape index (κ2) is 8.12. The minimum Gasteiger partial charge on any atom is -0.479 e. The third kappa shape index (κ3) is 3.62. The molecule has 0 amide bonds. The van der Waals surface area contributed by atoms with Gasteiger partial charge in [-0.1, -0.05) is 12.5 Å². The zero-order chi connectivity index (χ0) is 23.3. The van der Waals surface area contributed by atoms with E-state index in [0.29, 0.717) is 30.4 Å². The Morgan fingerprint density at radius 2 is 1.91 bits per heavy atom. The van der Waals surface area contributed by atoms with E-state index >= 15 is 0 Å². The van der Waals surface area contributed by atoms with Crippen molar-refractivity contribution in [3.05, 3.63) is 42.9 Å².